The summed E-state index contributed by atoms with van der Waals surface area (Å²) < 4.78 is 1.84. The fourth-order valence-electron chi connectivity index (χ4n) is 0.853. The van der Waals surface area contributed by atoms with E-state index < -0.39 is 0 Å². The van der Waals surface area contributed by atoms with E-state index in [-0.39, 0.29) is 0 Å². The van der Waals surface area contributed by atoms with Crippen molar-refractivity contribution >= 4 is 0 Å². The molecule has 0 unspecified atom stereocenters. The molecule has 11 heavy (non-hydrogen) atoms. The SMILES string of the molecule is Cn1cncc1-c1nnn[nH]1. The van der Waals surface area contributed by atoms with E-state index in [4.69, 9.17) is 0 Å². The van der Waals surface area contributed by atoms with E-state index in [1.54, 1.807) is 12.5 Å². The Morgan fingerprint density at radius 3 is 3.00 bits per heavy atom. The molecule has 0 aliphatic rings. The lowest BCUT2D eigenvalue weighted by Gasteiger charge is -1.93. The molecule has 0 aromatic carbocycles. The number of rotatable bonds is 1. The highest BCUT2D eigenvalue weighted by molar-refractivity contribution is 5.46. The van der Waals surface area contributed by atoms with Crippen molar-refractivity contribution in [1.29, 1.82) is 0 Å². The molecule has 0 spiro atoms. The van der Waals surface area contributed by atoms with Gasteiger partial charge in [-0.1, -0.05) is 0 Å². The lowest BCUT2D eigenvalue weighted by Crippen LogP contribution is -1.90. The van der Waals surface area contributed by atoms with Crippen LogP contribution in [-0.4, -0.2) is 30.2 Å². The molecule has 0 atom stereocenters. The minimum absolute atomic E-state index is 0.630. The molecule has 1 N–H and O–H groups in total. The Bertz CT molecular complexity index is 333. The van der Waals surface area contributed by atoms with Crippen LogP contribution in [-0.2, 0) is 7.05 Å². The maximum Gasteiger partial charge on any atom is 0.197 e. The van der Waals surface area contributed by atoms with Crippen LogP contribution in [0.2, 0.25) is 0 Å². The third-order valence-corrected chi connectivity index (χ3v) is 1.40. The van der Waals surface area contributed by atoms with E-state index in [1.807, 2.05) is 11.6 Å². The molecule has 0 aliphatic heterocycles. The molecule has 2 aromatic rings. The van der Waals surface area contributed by atoms with E-state index in [2.05, 4.69) is 25.6 Å². The molecule has 56 valence electrons. The summed E-state index contributed by atoms with van der Waals surface area (Å²) in [7, 11) is 1.88. The van der Waals surface area contributed by atoms with E-state index in [0.717, 1.165) is 5.69 Å². The molecule has 2 heterocycles. The summed E-state index contributed by atoms with van der Waals surface area (Å²) in [4.78, 5) is 3.93. The highest BCUT2D eigenvalue weighted by atomic mass is 15.5. The fraction of sp³-hybridized carbons (Fsp3) is 0.200. The van der Waals surface area contributed by atoms with Crippen LogP contribution in [0.4, 0.5) is 0 Å². The van der Waals surface area contributed by atoms with Crippen LogP contribution in [0, 0.1) is 0 Å². The van der Waals surface area contributed by atoms with Gasteiger partial charge >= 0.3 is 0 Å². The number of nitrogens with zero attached hydrogens (tertiary/aromatic N) is 5. The standard InChI is InChI=1S/C5H6N6/c1-11-3-6-2-4(11)5-7-9-10-8-5/h2-3H,1H3,(H,7,8,9,10). The summed E-state index contributed by atoms with van der Waals surface area (Å²) >= 11 is 0. The number of H-pyrrole nitrogens is 1. The van der Waals surface area contributed by atoms with Crippen molar-refractivity contribution in [2.24, 2.45) is 7.05 Å². The van der Waals surface area contributed by atoms with Crippen molar-refractivity contribution in [2.45, 2.75) is 0 Å². The molecule has 0 amide bonds. The Kier molecular flexibility index (Phi) is 1.18. The van der Waals surface area contributed by atoms with E-state index in [1.165, 1.54) is 0 Å². The van der Waals surface area contributed by atoms with Crippen LogP contribution in [0.1, 0.15) is 0 Å². The quantitative estimate of drug-likeness (QED) is 0.600. The Balaban J connectivity index is 2.53. The van der Waals surface area contributed by atoms with Gasteiger partial charge in [-0.2, -0.15) is 0 Å². The molecule has 0 fully saturated rings. The first kappa shape index (κ1) is 6.02. The van der Waals surface area contributed by atoms with Gasteiger partial charge in [0.05, 0.1) is 12.5 Å². The van der Waals surface area contributed by atoms with Crippen LogP contribution in [0.25, 0.3) is 11.5 Å². The maximum absolute atomic E-state index is 3.93. The normalized spacial score (nSPS) is 10.3. The summed E-state index contributed by atoms with van der Waals surface area (Å²) in [6, 6.07) is 0. The second kappa shape index (κ2) is 2.15. The second-order valence-corrected chi connectivity index (χ2v) is 2.14. The molecule has 0 saturated heterocycles. The van der Waals surface area contributed by atoms with E-state index in [9.17, 15) is 0 Å². The molecule has 6 heteroatoms. The first-order chi connectivity index (χ1) is 5.38. The minimum atomic E-state index is 0.630. The number of aromatic nitrogens is 6. The molecule has 0 aliphatic carbocycles. The van der Waals surface area contributed by atoms with Crippen molar-refractivity contribution in [3.05, 3.63) is 12.5 Å². The summed E-state index contributed by atoms with van der Waals surface area (Å²) in [5.74, 6) is 0.630. The predicted octanol–water partition coefficient (Wildman–Crippen LogP) is -0.400. The zero-order chi connectivity index (χ0) is 7.68. The first-order valence-electron chi connectivity index (χ1n) is 3.08. The van der Waals surface area contributed by atoms with Crippen molar-refractivity contribution in [3.8, 4) is 11.5 Å². The van der Waals surface area contributed by atoms with Crippen LogP contribution >= 0.6 is 0 Å². The van der Waals surface area contributed by atoms with Crippen molar-refractivity contribution in [2.75, 3.05) is 0 Å². The molecule has 6 nitrogen and oxygen atoms in total. The van der Waals surface area contributed by atoms with Gasteiger partial charge in [0.25, 0.3) is 0 Å². The molecule has 2 aromatic heterocycles. The van der Waals surface area contributed by atoms with Gasteiger partial charge in [-0.25, -0.2) is 10.1 Å². The average molecular weight is 150 g/mol. The molecule has 0 bridgehead atoms. The zero-order valence-electron chi connectivity index (χ0n) is 5.89. The smallest absolute Gasteiger partial charge is 0.197 e. The Morgan fingerprint density at radius 1 is 1.55 bits per heavy atom. The van der Waals surface area contributed by atoms with Crippen molar-refractivity contribution in [1.82, 2.24) is 30.2 Å². The average Bonchev–Trinajstić information content (AvgIpc) is 2.55. The third kappa shape index (κ3) is 0.878. The summed E-state index contributed by atoms with van der Waals surface area (Å²) in [6.07, 6.45) is 3.39. The van der Waals surface area contributed by atoms with Gasteiger partial charge in [-0.3, -0.25) is 0 Å². The third-order valence-electron chi connectivity index (χ3n) is 1.40. The summed E-state index contributed by atoms with van der Waals surface area (Å²) in [5, 5.41) is 13.3. The van der Waals surface area contributed by atoms with Gasteiger partial charge in [0.15, 0.2) is 5.82 Å². The molecular formula is C5H6N6. The maximum atomic E-state index is 3.93. The van der Waals surface area contributed by atoms with E-state index >= 15 is 0 Å². The molecule has 2 rings (SSSR count). The Morgan fingerprint density at radius 2 is 2.45 bits per heavy atom. The van der Waals surface area contributed by atoms with E-state index in [0.29, 0.717) is 5.82 Å². The highest BCUT2D eigenvalue weighted by Crippen LogP contribution is 2.09. The number of imidazole rings is 1. The first-order valence-corrected chi connectivity index (χ1v) is 3.08. The van der Waals surface area contributed by atoms with Gasteiger partial charge < -0.3 is 4.57 Å². The number of aryl methyl sites for hydroxylation is 1. The molecular weight excluding hydrogens is 144 g/mol. The Hall–Kier alpha value is -1.72. The van der Waals surface area contributed by atoms with Crippen molar-refractivity contribution in [3.63, 3.8) is 0 Å². The fourth-order valence-corrected chi connectivity index (χ4v) is 0.853. The van der Waals surface area contributed by atoms with Crippen LogP contribution in [0.5, 0.6) is 0 Å². The zero-order valence-corrected chi connectivity index (χ0v) is 5.89. The van der Waals surface area contributed by atoms with Gasteiger partial charge in [-0.15, -0.1) is 5.10 Å². The number of tetrazole rings is 1. The molecule has 0 saturated carbocycles. The van der Waals surface area contributed by atoms with Crippen LogP contribution in [0.15, 0.2) is 12.5 Å². The second-order valence-electron chi connectivity index (χ2n) is 2.14. The van der Waals surface area contributed by atoms with Gasteiger partial charge in [0, 0.05) is 7.05 Å². The number of aromatic amines is 1. The molecule has 0 radical (unpaired) electrons. The number of hydrogen-bond donors (Lipinski definition) is 1. The lowest BCUT2D eigenvalue weighted by molar-refractivity contribution is 0.881. The van der Waals surface area contributed by atoms with Crippen LogP contribution in [0.3, 0.4) is 0 Å². The van der Waals surface area contributed by atoms with Crippen molar-refractivity contribution < 1.29 is 0 Å². The Labute approximate surface area is 62.3 Å². The minimum Gasteiger partial charge on any atom is -0.331 e. The lowest BCUT2D eigenvalue weighted by atomic mass is 10.4. The highest BCUT2D eigenvalue weighted by Gasteiger charge is 2.04. The summed E-state index contributed by atoms with van der Waals surface area (Å²) in [5.41, 5.74) is 0.870. The predicted molar refractivity (Wildman–Crippen MR) is 36.4 cm³/mol. The largest absolute Gasteiger partial charge is 0.331 e. The van der Waals surface area contributed by atoms with Gasteiger partial charge in [0.1, 0.15) is 5.69 Å². The van der Waals surface area contributed by atoms with Gasteiger partial charge in [0.2, 0.25) is 0 Å². The van der Waals surface area contributed by atoms with Crippen LogP contribution < -0.4 is 0 Å². The van der Waals surface area contributed by atoms with Gasteiger partial charge in [-0.05, 0) is 10.4 Å². The number of hydrogen-bond acceptors (Lipinski definition) is 4. The monoisotopic (exact) mass is 150 g/mol. The number of nitrogens with one attached hydrogen (secondary N) is 1. The summed E-state index contributed by atoms with van der Waals surface area (Å²) in [6.45, 7) is 0. The topological polar surface area (TPSA) is 72.3 Å².